The molecule has 3 aromatic rings. The Bertz CT molecular complexity index is 1030. The quantitative estimate of drug-likeness (QED) is 0.668. The third kappa shape index (κ3) is 3.65. The predicted molar refractivity (Wildman–Crippen MR) is 101 cm³/mol. The fraction of sp³-hybridized carbons (Fsp3) is 0.278. The Balaban J connectivity index is 1.53. The van der Waals surface area contributed by atoms with E-state index in [1.165, 1.54) is 16.2 Å². The van der Waals surface area contributed by atoms with Crippen LogP contribution in [0.25, 0.3) is 11.3 Å². The molecule has 0 bridgehead atoms. The molecular formula is C18H17N3O4S2. The van der Waals surface area contributed by atoms with Crippen LogP contribution in [0.5, 0.6) is 0 Å². The van der Waals surface area contributed by atoms with Crippen LogP contribution in [0, 0.1) is 0 Å². The van der Waals surface area contributed by atoms with Crippen molar-refractivity contribution in [1.82, 2.24) is 15.0 Å². The third-order valence-corrected chi connectivity index (χ3v) is 7.81. The SMILES string of the molecule is O=C(c1cc(-c2cccnc2)on1)N1CCC(c2cccs2)S(=O)(=O)CC1. The summed E-state index contributed by atoms with van der Waals surface area (Å²) in [7, 11) is -3.30. The Kier molecular flexibility index (Phi) is 4.79. The van der Waals surface area contributed by atoms with Crippen molar-refractivity contribution in [3.63, 3.8) is 0 Å². The molecule has 9 heteroatoms. The molecule has 0 saturated carbocycles. The molecule has 0 spiro atoms. The minimum absolute atomic E-state index is 0.0609. The van der Waals surface area contributed by atoms with Gasteiger partial charge in [0, 0.05) is 42.0 Å². The highest BCUT2D eigenvalue weighted by Gasteiger charge is 2.34. The van der Waals surface area contributed by atoms with Gasteiger partial charge < -0.3 is 9.42 Å². The van der Waals surface area contributed by atoms with Gasteiger partial charge in [-0.3, -0.25) is 9.78 Å². The van der Waals surface area contributed by atoms with Gasteiger partial charge in [-0.2, -0.15) is 0 Å². The summed E-state index contributed by atoms with van der Waals surface area (Å²) < 4.78 is 30.5. The van der Waals surface area contributed by atoms with Crippen LogP contribution >= 0.6 is 11.3 Å². The number of pyridine rings is 1. The number of amides is 1. The Labute approximate surface area is 160 Å². The number of thiophene rings is 1. The maximum absolute atomic E-state index is 12.8. The van der Waals surface area contributed by atoms with Crippen molar-refractivity contribution in [2.45, 2.75) is 11.7 Å². The minimum Gasteiger partial charge on any atom is -0.355 e. The van der Waals surface area contributed by atoms with E-state index in [2.05, 4.69) is 10.1 Å². The van der Waals surface area contributed by atoms with E-state index in [4.69, 9.17) is 4.52 Å². The van der Waals surface area contributed by atoms with Crippen molar-refractivity contribution in [2.24, 2.45) is 0 Å². The normalized spacial score (nSPS) is 19.6. The van der Waals surface area contributed by atoms with E-state index in [0.29, 0.717) is 18.7 Å². The minimum atomic E-state index is -3.30. The summed E-state index contributed by atoms with van der Waals surface area (Å²) in [5.41, 5.74) is 0.890. The van der Waals surface area contributed by atoms with Crippen LogP contribution in [-0.2, 0) is 9.84 Å². The highest BCUT2D eigenvalue weighted by Crippen LogP contribution is 2.32. The molecule has 1 aliphatic heterocycles. The standard InChI is InChI=1S/C18H17N3O4S2/c22-18(14-11-15(25-20-14)13-3-1-6-19-12-13)21-7-5-17(16-4-2-9-26-16)27(23,24)10-8-21/h1-4,6,9,11-12,17H,5,7-8,10H2. The Morgan fingerprint density at radius 3 is 2.89 bits per heavy atom. The fourth-order valence-corrected chi connectivity index (χ4v) is 6.13. The maximum atomic E-state index is 12.8. The Morgan fingerprint density at radius 1 is 1.26 bits per heavy atom. The van der Waals surface area contributed by atoms with Crippen LogP contribution in [0.1, 0.15) is 27.0 Å². The van der Waals surface area contributed by atoms with Gasteiger partial charge in [0.05, 0.1) is 11.0 Å². The van der Waals surface area contributed by atoms with Crippen LogP contribution < -0.4 is 0 Å². The van der Waals surface area contributed by atoms with Gasteiger partial charge in [-0.25, -0.2) is 8.42 Å². The molecule has 1 fully saturated rings. The maximum Gasteiger partial charge on any atom is 0.276 e. The van der Waals surface area contributed by atoms with Crippen molar-refractivity contribution < 1.29 is 17.7 Å². The number of rotatable bonds is 3. The van der Waals surface area contributed by atoms with Gasteiger partial charge >= 0.3 is 0 Å². The van der Waals surface area contributed by atoms with Crippen molar-refractivity contribution >= 4 is 27.1 Å². The number of sulfone groups is 1. The first kappa shape index (κ1) is 17.9. The number of carbonyl (C=O) groups excluding carboxylic acids is 1. The van der Waals surface area contributed by atoms with Crippen LogP contribution in [0.3, 0.4) is 0 Å². The van der Waals surface area contributed by atoms with Crippen molar-refractivity contribution in [2.75, 3.05) is 18.8 Å². The molecule has 1 unspecified atom stereocenters. The second-order valence-corrected chi connectivity index (χ2v) is 9.55. The van der Waals surface area contributed by atoms with Crippen molar-refractivity contribution in [3.05, 3.63) is 58.7 Å². The van der Waals surface area contributed by atoms with Gasteiger partial charge in [-0.15, -0.1) is 11.3 Å². The van der Waals surface area contributed by atoms with Crippen LogP contribution in [0.4, 0.5) is 0 Å². The summed E-state index contributed by atoms with van der Waals surface area (Å²) >= 11 is 1.43. The van der Waals surface area contributed by atoms with Crippen LogP contribution in [-0.4, -0.2) is 48.2 Å². The summed E-state index contributed by atoms with van der Waals surface area (Å²) in [6.07, 6.45) is 3.65. The first-order valence-electron chi connectivity index (χ1n) is 8.46. The molecule has 3 aromatic heterocycles. The lowest BCUT2D eigenvalue weighted by molar-refractivity contribution is 0.0756. The van der Waals surface area contributed by atoms with Gasteiger partial charge in [0.2, 0.25) is 0 Å². The molecular weight excluding hydrogens is 386 g/mol. The molecule has 7 nitrogen and oxygen atoms in total. The largest absolute Gasteiger partial charge is 0.355 e. The molecule has 0 radical (unpaired) electrons. The number of carbonyl (C=O) groups is 1. The molecule has 0 aliphatic carbocycles. The number of hydrogen-bond donors (Lipinski definition) is 0. The van der Waals surface area contributed by atoms with E-state index >= 15 is 0 Å². The zero-order valence-corrected chi connectivity index (χ0v) is 15.9. The number of aromatic nitrogens is 2. The van der Waals surface area contributed by atoms with E-state index in [-0.39, 0.29) is 23.9 Å². The number of hydrogen-bond acceptors (Lipinski definition) is 7. The molecule has 1 saturated heterocycles. The van der Waals surface area contributed by atoms with Crippen molar-refractivity contribution in [1.29, 1.82) is 0 Å². The Hall–Kier alpha value is -2.52. The van der Waals surface area contributed by atoms with E-state index < -0.39 is 15.1 Å². The fourth-order valence-electron chi connectivity index (χ4n) is 3.12. The van der Waals surface area contributed by atoms with E-state index in [0.717, 1.165) is 10.4 Å². The second kappa shape index (κ2) is 7.24. The first-order valence-corrected chi connectivity index (χ1v) is 11.1. The van der Waals surface area contributed by atoms with Gasteiger partial charge in [-0.05, 0) is 30.0 Å². The van der Waals surface area contributed by atoms with E-state index in [1.54, 1.807) is 24.5 Å². The molecule has 27 heavy (non-hydrogen) atoms. The van der Waals surface area contributed by atoms with E-state index in [1.807, 2.05) is 23.6 Å². The summed E-state index contributed by atoms with van der Waals surface area (Å²) in [5.74, 6) is 0.0653. The molecule has 1 atom stereocenters. The van der Waals surface area contributed by atoms with Gasteiger partial charge in [-0.1, -0.05) is 11.2 Å². The highest BCUT2D eigenvalue weighted by atomic mass is 32.2. The smallest absolute Gasteiger partial charge is 0.276 e. The van der Waals surface area contributed by atoms with Gasteiger partial charge in [0.1, 0.15) is 0 Å². The lowest BCUT2D eigenvalue weighted by atomic mass is 10.2. The predicted octanol–water partition coefficient (Wildman–Crippen LogP) is 2.80. The highest BCUT2D eigenvalue weighted by molar-refractivity contribution is 7.91. The lowest BCUT2D eigenvalue weighted by Crippen LogP contribution is -2.33. The first-order chi connectivity index (χ1) is 13.0. The lowest BCUT2D eigenvalue weighted by Gasteiger charge is -2.18. The molecule has 4 rings (SSSR count). The zero-order chi connectivity index (χ0) is 18.9. The summed E-state index contributed by atoms with van der Waals surface area (Å²) in [5, 5.41) is 5.17. The topological polar surface area (TPSA) is 93.4 Å². The third-order valence-electron chi connectivity index (χ3n) is 4.56. The average molecular weight is 403 g/mol. The molecule has 140 valence electrons. The molecule has 4 heterocycles. The molecule has 1 aliphatic rings. The molecule has 1 amide bonds. The summed E-state index contributed by atoms with van der Waals surface area (Å²) in [6, 6.07) is 8.83. The van der Waals surface area contributed by atoms with E-state index in [9.17, 15) is 13.2 Å². The zero-order valence-electron chi connectivity index (χ0n) is 14.3. The van der Waals surface area contributed by atoms with Crippen molar-refractivity contribution in [3.8, 4) is 11.3 Å². The Morgan fingerprint density at radius 2 is 2.15 bits per heavy atom. The molecule has 0 N–H and O–H groups in total. The monoisotopic (exact) mass is 403 g/mol. The summed E-state index contributed by atoms with van der Waals surface area (Å²) in [4.78, 5) is 19.2. The van der Waals surface area contributed by atoms with Crippen LogP contribution in [0.15, 0.2) is 52.6 Å². The van der Waals surface area contributed by atoms with Crippen LogP contribution in [0.2, 0.25) is 0 Å². The van der Waals surface area contributed by atoms with Gasteiger partial charge in [0.15, 0.2) is 21.3 Å². The van der Waals surface area contributed by atoms with Gasteiger partial charge in [0.25, 0.3) is 5.91 Å². The summed E-state index contributed by atoms with van der Waals surface area (Å²) in [6.45, 7) is 0.508. The molecule has 0 aromatic carbocycles. The number of nitrogens with zero attached hydrogens (tertiary/aromatic N) is 3. The second-order valence-electron chi connectivity index (χ2n) is 6.27. The average Bonchev–Trinajstić information content (AvgIpc) is 3.34.